The van der Waals surface area contributed by atoms with Crippen LogP contribution in [0.3, 0.4) is 0 Å². The van der Waals surface area contributed by atoms with Crippen molar-refractivity contribution in [1.82, 2.24) is 10.3 Å². The van der Waals surface area contributed by atoms with Gasteiger partial charge in [-0.2, -0.15) is 0 Å². The number of aryl methyl sites for hydroxylation is 1. The van der Waals surface area contributed by atoms with Gasteiger partial charge in [-0.3, -0.25) is 0 Å². The molecular weight excluding hydrogens is 280 g/mol. The highest BCUT2D eigenvalue weighted by atomic mass is 32.1. The molecule has 0 bridgehead atoms. The summed E-state index contributed by atoms with van der Waals surface area (Å²) in [4.78, 5) is 4.44. The first kappa shape index (κ1) is 16.0. The Kier molecular flexibility index (Phi) is 6.70. The molecule has 0 spiro atoms. The molecular formula is C17H24N2OS. The zero-order valence-corrected chi connectivity index (χ0v) is 13.7. The normalized spacial score (nSPS) is 10.8. The van der Waals surface area contributed by atoms with Gasteiger partial charge in [0.25, 0.3) is 0 Å². The van der Waals surface area contributed by atoms with Gasteiger partial charge in [-0.05, 0) is 31.0 Å². The smallest absolute Gasteiger partial charge is 0.119 e. The van der Waals surface area contributed by atoms with E-state index in [1.807, 2.05) is 6.92 Å². The molecule has 1 aromatic heterocycles. The van der Waals surface area contributed by atoms with E-state index in [4.69, 9.17) is 4.74 Å². The van der Waals surface area contributed by atoms with Crippen molar-refractivity contribution in [2.24, 2.45) is 0 Å². The Morgan fingerprint density at radius 1 is 1.14 bits per heavy atom. The quantitative estimate of drug-likeness (QED) is 0.701. The molecule has 0 aliphatic heterocycles. The summed E-state index contributed by atoms with van der Waals surface area (Å²) in [6.45, 7) is 6.73. The van der Waals surface area contributed by atoms with Crippen molar-refractivity contribution < 1.29 is 4.74 Å². The van der Waals surface area contributed by atoms with E-state index in [1.54, 1.807) is 11.3 Å². The molecule has 21 heavy (non-hydrogen) atoms. The van der Waals surface area contributed by atoms with E-state index in [0.717, 1.165) is 42.6 Å². The summed E-state index contributed by atoms with van der Waals surface area (Å²) < 4.78 is 5.71. The number of nitrogens with one attached hydrogen (secondary N) is 1. The summed E-state index contributed by atoms with van der Waals surface area (Å²) in [6.07, 6.45) is 3.59. The summed E-state index contributed by atoms with van der Waals surface area (Å²) in [5.74, 6) is 0.963. The molecule has 0 aliphatic rings. The van der Waals surface area contributed by atoms with Crippen LogP contribution in [0.4, 0.5) is 0 Å². The van der Waals surface area contributed by atoms with Gasteiger partial charge in [0.1, 0.15) is 5.75 Å². The van der Waals surface area contributed by atoms with Gasteiger partial charge in [0.15, 0.2) is 0 Å². The minimum Gasteiger partial charge on any atom is -0.494 e. The molecule has 0 amide bonds. The lowest BCUT2D eigenvalue weighted by Crippen LogP contribution is -2.12. The molecule has 0 saturated heterocycles. The van der Waals surface area contributed by atoms with Gasteiger partial charge >= 0.3 is 0 Å². The Hall–Kier alpha value is -1.39. The fraction of sp³-hybridized carbons (Fsp3) is 0.471. The standard InChI is InChI=1S/C17H24N2OS/c1-3-4-5-10-20-17-8-6-15(7-9-17)11-18-12-16-13-21-14(2)19-16/h6-9,13,18H,3-5,10-12H2,1-2H3. The number of unbranched alkanes of at least 4 members (excludes halogenated alkanes) is 2. The molecule has 0 radical (unpaired) electrons. The molecule has 2 rings (SSSR count). The molecule has 3 nitrogen and oxygen atoms in total. The van der Waals surface area contributed by atoms with E-state index >= 15 is 0 Å². The Morgan fingerprint density at radius 2 is 1.95 bits per heavy atom. The van der Waals surface area contributed by atoms with Crippen LogP contribution in [0.5, 0.6) is 5.75 Å². The number of nitrogens with zero attached hydrogens (tertiary/aromatic N) is 1. The second-order valence-corrected chi connectivity index (χ2v) is 6.22. The van der Waals surface area contributed by atoms with Crippen LogP contribution in [0.1, 0.15) is 42.5 Å². The maximum atomic E-state index is 5.71. The van der Waals surface area contributed by atoms with E-state index in [-0.39, 0.29) is 0 Å². The molecule has 0 unspecified atom stereocenters. The molecule has 0 fully saturated rings. The van der Waals surface area contributed by atoms with Crippen molar-refractivity contribution in [3.05, 3.63) is 45.9 Å². The zero-order chi connectivity index (χ0) is 14.9. The van der Waals surface area contributed by atoms with Crippen LogP contribution in [-0.4, -0.2) is 11.6 Å². The number of hydrogen-bond donors (Lipinski definition) is 1. The highest BCUT2D eigenvalue weighted by Crippen LogP contribution is 2.13. The molecule has 1 heterocycles. The van der Waals surface area contributed by atoms with Crippen molar-refractivity contribution in [2.45, 2.75) is 46.2 Å². The molecule has 0 saturated carbocycles. The monoisotopic (exact) mass is 304 g/mol. The van der Waals surface area contributed by atoms with E-state index in [1.165, 1.54) is 18.4 Å². The van der Waals surface area contributed by atoms with E-state index in [2.05, 4.69) is 46.9 Å². The Balaban J connectivity index is 1.69. The average molecular weight is 304 g/mol. The van der Waals surface area contributed by atoms with E-state index < -0.39 is 0 Å². The fourth-order valence-corrected chi connectivity index (χ4v) is 2.68. The minimum absolute atomic E-state index is 0.814. The van der Waals surface area contributed by atoms with Gasteiger partial charge in [-0.15, -0.1) is 11.3 Å². The number of rotatable bonds is 9. The third-order valence-corrected chi connectivity index (χ3v) is 4.06. The number of benzene rings is 1. The van der Waals surface area contributed by atoms with Gasteiger partial charge in [-0.25, -0.2) is 4.98 Å². The van der Waals surface area contributed by atoms with Crippen molar-refractivity contribution in [3.8, 4) is 5.75 Å². The van der Waals surface area contributed by atoms with Crippen LogP contribution in [-0.2, 0) is 13.1 Å². The summed E-state index contributed by atoms with van der Waals surface area (Å²) in [5, 5.41) is 6.64. The first-order valence-corrected chi connectivity index (χ1v) is 8.49. The second kappa shape index (κ2) is 8.80. The van der Waals surface area contributed by atoms with Gasteiger partial charge in [0, 0.05) is 18.5 Å². The third-order valence-electron chi connectivity index (χ3n) is 3.24. The average Bonchev–Trinajstić information content (AvgIpc) is 2.91. The van der Waals surface area contributed by atoms with Crippen LogP contribution >= 0.6 is 11.3 Å². The van der Waals surface area contributed by atoms with Crippen LogP contribution in [0, 0.1) is 6.92 Å². The van der Waals surface area contributed by atoms with Gasteiger partial charge in [0.05, 0.1) is 17.3 Å². The van der Waals surface area contributed by atoms with Crippen molar-refractivity contribution >= 4 is 11.3 Å². The molecule has 1 N–H and O–H groups in total. The SMILES string of the molecule is CCCCCOc1ccc(CNCc2csc(C)n2)cc1. The molecule has 2 aromatic rings. The predicted octanol–water partition coefficient (Wildman–Crippen LogP) is 4.31. The summed E-state index contributed by atoms with van der Waals surface area (Å²) in [5.41, 5.74) is 2.39. The predicted molar refractivity (Wildman–Crippen MR) is 88.9 cm³/mol. The highest BCUT2D eigenvalue weighted by molar-refractivity contribution is 7.09. The fourth-order valence-electron chi connectivity index (χ4n) is 2.07. The largest absolute Gasteiger partial charge is 0.494 e. The molecule has 4 heteroatoms. The maximum absolute atomic E-state index is 5.71. The lowest BCUT2D eigenvalue weighted by molar-refractivity contribution is 0.306. The summed E-state index contributed by atoms with van der Waals surface area (Å²) in [7, 11) is 0. The number of ether oxygens (including phenoxy) is 1. The van der Waals surface area contributed by atoms with Crippen molar-refractivity contribution in [2.75, 3.05) is 6.61 Å². The summed E-state index contributed by atoms with van der Waals surface area (Å²) in [6, 6.07) is 8.34. The molecule has 0 atom stereocenters. The van der Waals surface area contributed by atoms with E-state index in [9.17, 15) is 0 Å². The lowest BCUT2D eigenvalue weighted by atomic mass is 10.2. The van der Waals surface area contributed by atoms with Crippen molar-refractivity contribution in [3.63, 3.8) is 0 Å². The van der Waals surface area contributed by atoms with Gasteiger partial charge in [-0.1, -0.05) is 31.9 Å². The highest BCUT2D eigenvalue weighted by Gasteiger charge is 1.99. The molecule has 0 aliphatic carbocycles. The Morgan fingerprint density at radius 3 is 2.62 bits per heavy atom. The van der Waals surface area contributed by atoms with E-state index in [0.29, 0.717) is 0 Å². The number of thiazole rings is 1. The first-order valence-electron chi connectivity index (χ1n) is 7.61. The lowest BCUT2D eigenvalue weighted by Gasteiger charge is -2.07. The minimum atomic E-state index is 0.814. The summed E-state index contributed by atoms with van der Waals surface area (Å²) >= 11 is 1.70. The number of hydrogen-bond acceptors (Lipinski definition) is 4. The zero-order valence-electron chi connectivity index (χ0n) is 12.9. The van der Waals surface area contributed by atoms with Crippen LogP contribution in [0.2, 0.25) is 0 Å². The topological polar surface area (TPSA) is 34.1 Å². The van der Waals surface area contributed by atoms with Gasteiger partial charge in [0.2, 0.25) is 0 Å². The molecule has 114 valence electrons. The number of aromatic nitrogens is 1. The molecule has 1 aromatic carbocycles. The van der Waals surface area contributed by atoms with Crippen LogP contribution in [0.25, 0.3) is 0 Å². The van der Waals surface area contributed by atoms with Crippen LogP contribution in [0.15, 0.2) is 29.6 Å². The Labute approximate surface area is 131 Å². The van der Waals surface area contributed by atoms with Gasteiger partial charge < -0.3 is 10.1 Å². The maximum Gasteiger partial charge on any atom is 0.119 e. The third kappa shape index (κ3) is 5.86. The first-order chi connectivity index (χ1) is 10.3. The Bertz CT molecular complexity index is 522. The van der Waals surface area contributed by atoms with Crippen LogP contribution < -0.4 is 10.1 Å². The van der Waals surface area contributed by atoms with Crippen molar-refractivity contribution in [1.29, 1.82) is 0 Å². The second-order valence-electron chi connectivity index (χ2n) is 5.16.